The van der Waals surface area contributed by atoms with Crippen molar-refractivity contribution in [1.82, 2.24) is 5.32 Å². The molecule has 21 heavy (non-hydrogen) atoms. The lowest BCUT2D eigenvalue weighted by Gasteiger charge is -2.27. The first-order chi connectivity index (χ1) is 10.3. The molecule has 0 fully saturated rings. The molecule has 0 saturated carbocycles. The Bertz CT molecular complexity index is 534. The summed E-state index contributed by atoms with van der Waals surface area (Å²) in [6, 6.07) is 18.4. The van der Waals surface area contributed by atoms with Gasteiger partial charge in [-0.2, -0.15) is 0 Å². The number of benzene rings is 2. The Morgan fingerprint density at radius 2 is 1.52 bits per heavy atom. The van der Waals surface area contributed by atoms with E-state index < -0.39 is 0 Å². The molecule has 0 aromatic heterocycles. The Morgan fingerprint density at radius 1 is 0.905 bits per heavy atom. The molecule has 0 aliphatic heterocycles. The minimum absolute atomic E-state index is 0.320. The second kappa shape index (κ2) is 7.84. The van der Waals surface area contributed by atoms with Crippen molar-refractivity contribution in [3.63, 3.8) is 0 Å². The van der Waals surface area contributed by atoms with E-state index in [1.165, 1.54) is 5.56 Å². The zero-order valence-electron chi connectivity index (χ0n) is 12.9. The van der Waals surface area contributed by atoms with E-state index in [0.717, 1.165) is 18.4 Å². The molecule has 2 rings (SSSR count). The minimum atomic E-state index is 0.320. The van der Waals surface area contributed by atoms with Gasteiger partial charge < -0.3 is 10.4 Å². The van der Waals surface area contributed by atoms with Crippen molar-refractivity contribution in [2.75, 3.05) is 0 Å². The van der Waals surface area contributed by atoms with Crippen molar-refractivity contribution >= 4 is 0 Å². The smallest absolute Gasteiger partial charge is 0.120 e. The molecule has 0 aliphatic rings. The SMILES string of the molecule is CCC(CC)C(NCc1ccccc1O)c1ccccc1. The molecule has 2 heteroatoms. The number of hydrogen-bond acceptors (Lipinski definition) is 2. The van der Waals surface area contributed by atoms with E-state index in [4.69, 9.17) is 0 Å². The molecule has 1 unspecified atom stereocenters. The van der Waals surface area contributed by atoms with Gasteiger partial charge in [0.1, 0.15) is 5.75 Å². The third-order valence-electron chi connectivity index (χ3n) is 4.18. The lowest BCUT2D eigenvalue weighted by Crippen LogP contribution is -2.27. The van der Waals surface area contributed by atoms with Crippen LogP contribution in [0.5, 0.6) is 5.75 Å². The van der Waals surface area contributed by atoms with Gasteiger partial charge in [0.05, 0.1) is 0 Å². The average molecular weight is 283 g/mol. The van der Waals surface area contributed by atoms with Crippen molar-refractivity contribution in [3.8, 4) is 5.75 Å². The van der Waals surface area contributed by atoms with Crippen LogP contribution in [0.15, 0.2) is 54.6 Å². The number of hydrogen-bond donors (Lipinski definition) is 2. The molecule has 0 aliphatic carbocycles. The summed E-state index contributed by atoms with van der Waals surface area (Å²) in [4.78, 5) is 0. The summed E-state index contributed by atoms with van der Waals surface area (Å²) >= 11 is 0. The van der Waals surface area contributed by atoms with Gasteiger partial charge in [0.15, 0.2) is 0 Å². The molecule has 0 bridgehead atoms. The highest BCUT2D eigenvalue weighted by Gasteiger charge is 2.20. The Labute approximate surface area is 127 Å². The molecule has 0 radical (unpaired) electrons. The van der Waals surface area contributed by atoms with Crippen LogP contribution in [0.4, 0.5) is 0 Å². The molecule has 0 amide bonds. The van der Waals surface area contributed by atoms with Gasteiger partial charge in [-0.1, -0.05) is 75.2 Å². The van der Waals surface area contributed by atoms with E-state index in [2.05, 4.69) is 49.5 Å². The van der Waals surface area contributed by atoms with Gasteiger partial charge in [0.25, 0.3) is 0 Å². The highest BCUT2D eigenvalue weighted by molar-refractivity contribution is 5.32. The van der Waals surface area contributed by atoms with Crippen molar-refractivity contribution in [2.45, 2.75) is 39.3 Å². The maximum Gasteiger partial charge on any atom is 0.120 e. The molecule has 2 aromatic carbocycles. The van der Waals surface area contributed by atoms with E-state index in [1.807, 2.05) is 18.2 Å². The molecule has 0 spiro atoms. The van der Waals surface area contributed by atoms with Crippen LogP contribution in [0.3, 0.4) is 0 Å². The first kappa shape index (κ1) is 15.6. The molecule has 2 nitrogen and oxygen atoms in total. The molecule has 0 heterocycles. The Kier molecular flexibility index (Phi) is 5.82. The molecule has 1 atom stereocenters. The van der Waals surface area contributed by atoms with E-state index in [-0.39, 0.29) is 0 Å². The van der Waals surface area contributed by atoms with Crippen LogP contribution in [0.2, 0.25) is 0 Å². The van der Waals surface area contributed by atoms with E-state index in [9.17, 15) is 5.11 Å². The Morgan fingerprint density at radius 3 is 2.14 bits per heavy atom. The van der Waals surface area contributed by atoms with Gasteiger partial charge in [0.2, 0.25) is 0 Å². The van der Waals surface area contributed by atoms with Crippen molar-refractivity contribution in [2.24, 2.45) is 5.92 Å². The molecule has 112 valence electrons. The first-order valence-electron chi connectivity index (χ1n) is 7.81. The number of rotatable bonds is 7. The van der Waals surface area contributed by atoms with Gasteiger partial charge in [-0.25, -0.2) is 0 Å². The average Bonchev–Trinajstić information content (AvgIpc) is 2.54. The Balaban J connectivity index is 2.15. The number of phenolic OH excluding ortho intramolecular Hbond substituents is 1. The first-order valence-corrected chi connectivity index (χ1v) is 7.81. The predicted octanol–water partition coefficient (Wildman–Crippen LogP) is 4.66. The second-order valence-electron chi connectivity index (χ2n) is 5.47. The van der Waals surface area contributed by atoms with E-state index in [0.29, 0.717) is 24.3 Å². The highest BCUT2D eigenvalue weighted by atomic mass is 16.3. The number of nitrogens with one attached hydrogen (secondary N) is 1. The van der Waals surface area contributed by atoms with Crippen LogP contribution < -0.4 is 5.32 Å². The summed E-state index contributed by atoms with van der Waals surface area (Å²) in [5.74, 6) is 0.958. The number of para-hydroxylation sites is 1. The van der Waals surface area contributed by atoms with Crippen molar-refractivity contribution < 1.29 is 5.11 Å². The maximum absolute atomic E-state index is 9.91. The summed E-state index contributed by atoms with van der Waals surface area (Å²) in [5, 5.41) is 13.5. The van der Waals surface area contributed by atoms with Gasteiger partial charge in [-0.15, -0.1) is 0 Å². The monoisotopic (exact) mass is 283 g/mol. The topological polar surface area (TPSA) is 32.3 Å². The van der Waals surface area contributed by atoms with E-state index >= 15 is 0 Å². The molecular formula is C19H25NO. The third-order valence-corrected chi connectivity index (χ3v) is 4.18. The van der Waals surface area contributed by atoms with Crippen molar-refractivity contribution in [3.05, 3.63) is 65.7 Å². The molecular weight excluding hydrogens is 258 g/mol. The van der Waals surface area contributed by atoms with Crippen LogP contribution in [0.1, 0.15) is 43.9 Å². The maximum atomic E-state index is 9.91. The summed E-state index contributed by atoms with van der Waals surface area (Å²) < 4.78 is 0. The van der Waals surface area contributed by atoms with Gasteiger partial charge in [-0.05, 0) is 17.5 Å². The fraction of sp³-hybridized carbons (Fsp3) is 0.368. The second-order valence-corrected chi connectivity index (χ2v) is 5.47. The quantitative estimate of drug-likeness (QED) is 0.774. The highest BCUT2D eigenvalue weighted by Crippen LogP contribution is 2.28. The lowest BCUT2D eigenvalue weighted by atomic mass is 9.88. The fourth-order valence-electron chi connectivity index (χ4n) is 2.86. The summed E-state index contributed by atoms with van der Waals surface area (Å²) in [6.07, 6.45) is 2.29. The van der Waals surface area contributed by atoms with Crippen LogP contribution in [-0.4, -0.2) is 5.11 Å². The summed E-state index contributed by atoms with van der Waals surface area (Å²) in [7, 11) is 0. The molecule has 2 N–H and O–H groups in total. The van der Waals surface area contributed by atoms with E-state index in [1.54, 1.807) is 6.07 Å². The van der Waals surface area contributed by atoms with Crippen LogP contribution >= 0.6 is 0 Å². The van der Waals surface area contributed by atoms with Crippen LogP contribution in [-0.2, 0) is 6.54 Å². The van der Waals surface area contributed by atoms with Gasteiger partial charge in [-0.3, -0.25) is 0 Å². The molecule has 2 aromatic rings. The summed E-state index contributed by atoms with van der Waals surface area (Å²) in [6.45, 7) is 5.17. The Hall–Kier alpha value is -1.80. The molecule has 0 saturated heterocycles. The number of aromatic hydroxyl groups is 1. The van der Waals surface area contributed by atoms with Crippen LogP contribution in [0.25, 0.3) is 0 Å². The zero-order valence-corrected chi connectivity index (χ0v) is 12.9. The van der Waals surface area contributed by atoms with Gasteiger partial charge >= 0.3 is 0 Å². The fourth-order valence-corrected chi connectivity index (χ4v) is 2.86. The zero-order chi connectivity index (χ0) is 15.1. The third kappa shape index (κ3) is 4.08. The number of phenols is 1. The lowest BCUT2D eigenvalue weighted by molar-refractivity contribution is 0.337. The minimum Gasteiger partial charge on any atom is -0.508 e. The predicted molar refractivity (Wildman–Crippen MR) is 88.2 cm³/mol. The van der Waals surface area contributed by atoms with Crippen molar-refractivity contribution in [1.29, 1.82) is 0 Å². The largest absolute Gasteiger partial charge is 0.508 e. The standard InChI is InChI=1S/C19H25NO/c1-3-15(4-2)19(16-10-6-5-7-11-16)20-14-17-12-8-9-13-18(17)21/h5-13,15,19-21H,3-4,14H2,1-2H3. The van der Waals surface area contributed by atoms with Crippen LogP contribution in [0, 0.1) is 5.92 Å². The summed E-state index contributed by atoms with van der Waals surface area (Å²) in [5.41, 5.74) is 2.27. The normalized spacial score (nSPS) is 12.5. The van der Waals surface area contributed by atoms with Gasteiger partial charge in [0, 0.05) is 18.2 Å².